The first-order valence-corrected chi connectivity index (χ1v) is 7.15. The van der Waals surface area contributed by atoms with Gasteiger partial charge in [0.15, 0.2) is 5.76 Å². The molecule has 6 nitrogen and oxygen atoms in total. The van der Waals surface area contributed by atoms with Crippen LogP contribution in [0.2, 0.25) is 0 Å². The Morgan fingerprint density at radius 1 is 1.04 bits per heavy atom. The molecule has 0 aliphatic heterocycles. The summed E-state index contributed by atoms with van der Waals surface area (Å²) < 4.78 is 21.3. The number of carbonyl (C=O) groups excluding carboxylic acids is 1. The molecule has 124 valence electrons. The van der Waals surface area contributed by atoms with E-state index in [0.29, 0.717) is 39.4 Å². The topological polar surface area (TPSA) is 78.1 Å². The minimum Gasteiger partial charge on any atom is -0.508 e. The van der Waals surface area contributed by atoms with Crippen molar-refractivity contribution >= 4 is 16.9 Å². The number of hydrogen-bond donors (Lipinski definition) is 1. The smallest absolute Gasteiger partial charge is 0.342 e. The predicted octanol–water partition coefficient (Wildman–Crippen LogP) is 3.61. The molecular weight excluding hydrogens is 312 g/mol. The van der Waals surface area contributed by atoms with Crippen molar-refractivity contribution in [3.05, 3.63) is 42.0 Å². The Balaban J connectivity index is 2.32. The maximum absolute atomic E-state index is 12.3. The number of furan rings is 1. The van der Waals surface area contributed by atoms with E-state index in [1.54, 1.807) is 31.4 Å². The summed E-state index contributed by atoms with van der Waals surface area (Å²) >= 11 is 0. The van der Waals surface area contributed by atoms with Crippen LogP contribution in [0.4, 0.5) is 0 Å². The van der Waals surface area contributed by atoms with E-state index in [2.05, 4.69) is 0 Å². The molecule has 0 spiro atoms. The minimum absolute atomic E-state index is 0.0491. The van der Waals surface area contributed by atoms with Crippen LogP contribution in [-0.4, -0.2) is 32.4 Å². The second-order valence-electron chi connectivity index (χ2n) is 5.04. The minimum atomic E-state index is -0.524. The van der Waals surface area contributed by atoms with Gasteiger partial charge in [0.25, 0.3) is 0 Å². The molecule has 3 aromatic rings. The van der Waals surface area contributed by atoms with Crippen LogP contribution < -0.4 is 9.47 Å². The molecule has 0 bridgehead atoms. The monoisotopic (exact) mass is 328 g/mol. The Kier molecular flexibility index (Phi) is 4.04. The summed E-state index contributed by atoms with van der Waals surface area (Å²) in [6.07, 6.45) is 0. The Labute approximate surface area is 138 Å². The molecule has 0 unspecified atom stereocenters. The summed E-state index contributed by atoms with van der Waals surface area (Å²) in [5.41, 5.74) is 1.31. The largest absolute Gasteiger partial charge is 0.508 e. The molecule has 1 N–H and O–H groups in total. The third kappa shape index (κ3) is 2.52. The molecule has 0 amide bonds. The predicted molar refractivity (Wildman–Crippen MR) is 87.8 cm³/mol. The lowest BCUT2D eigenvalue weighted by atomic mass is 10.0. The van der Waals surface area contributed by atoms with Crippen LogP contribution in [0.15, 0.2) is 40.8 Å². The SMILES string of the molecule is COC(=O)c1c(-c2ccc(O)cc2OC)oc2cc(OC)ccc12. The highest BCUT2D eigenvalue weighted by Gasteiger charge is 2.25. The number of phenolic OH excluding ortho intramolecular Hbond substituents is 1. The zero-order valence-electron chi connectivity index (χ0n) is 13.5. The molecule has 24 heavy (non-hydrogen) atoms. The zero-order chi connectivity index (χ0) is 17.3. The van der Waals surface area contributed by atoms with Gasteiger partial charge in [-0.15, -0.1) is 0 Å². The van der Waals surface area contributed by atoms with Crippen LogP contribution in [0.25, 0.3) is 22.3 Å². The molecule has 0 aliphatic rings. The molecular formula is C18H16O6. The number of rotatable bonds is 4. The Morgan fingerprint density at radius 3 is 2.50 bits per heavy atom. The normalized spacial score (nSPS) is 10.6. The first-order valence-electron chi connectivity index (χ1n) is 7.15. The van der Waals surface area contributed by atoms with Gasteiger partial charge >= 0.3 is 5.97 Å². The van der Waals surface area contributed by atoms with Gasteiger partial charge < -0.3 is 23.7 Å². The molecule has 3 rings (SSSR count). The Bertz CT molecular complexity index is 909. The first-order chi connectivity index (χ1) is 11.6. The number of methoxy groups -OCH3 is 3. The van der Waals surface area contributed by atoms with Gasteiger partial charge in [0.2, 0.25) is 0 Å². The lowest BCUT2D eigenvalue weighted by Gasteiger charge is -2.08. The van der Waals surface area contributed by atoms with E-state index in [0.717, 1.165) is 0 Å². The lowest BCUT2D eigenvalue weighted by Crippen LogP contribution is -2.02. The maximum atomic E-state index is 12.3. The highest BCUT2D eigenvalue weighted by Crippen LogP contribution is 2.40. The summed E-state index contributed by atoms with van der Waals surface area (Å²) in [6, 6.07) is 9.73. The van der Waals surface area contributed by atoms with E-state index in [-0.39, 0.29) is 5.75 Å². The van der Waals surface area contributed by atoms with E-state index in [1.165, 1.54) is 26.4 Å². The molecule has 6 heteroatoms. The van der Waals surface area contributed by atoms with Crippen molar-refractivity contribution in [2.45, 2.75) is 0 Å². The summed E-state index contributed by atoms with van der Waals surface area (Å²) in [5.74, 6) is 0.821. The van der Waals surface area contributed by atoms with E-state index in [1.807, 2.05) is 0 Å². The van der Waals surface area contributed by atoms with Crippen LogP contribution >= 0.6 is 0 Å². The molecule has 0 atom stereocenters. The van der Waals surface area contributed by atoms with E-state index >= 15 is 0 Å². The van der Waals surface area contributed by atoms with Crippen LogP contribution in [0, 0.1) is 0 Å². The fourth-order valence-electron chi connectivity index (χ4n) is 2.57. The maximum Gasteiger partial charge on any atom is 0.342 e. The first kappa shape index (κ1) is 15.7. The highest BCUT2D eigenvalue weighted by atomic mass is 16.5. The van der Waals surface area contributed by atoms with E-state index in [9.17, 15) is 9.90 Å². The van der Waals surface area contributed by atoms with Gasteiger partial charge in [-0.2, -0.15) is 0 Å². The van der Waals surface area contributed by atoms with Crippen molar-refractivity contribution in [3.63, 3.8) is 0 Å². The van der Waals surface area contributed by atoms with Crippen LogP contribution in [0.3, 0.4) is 0 Å². The number of fused-ring (bicyclic) bond motifs is 1. The molecule has 1 aromatic heterocycles. The van der Waals surface area contributed by atoms with Crippen LogP contribution in [0.5, 0.6) is 17.2 Å². The fourth-order valence-corrected chi connectivity index (χ4v) is 2.57. The van der Waals surface area contributed by atoms with Crippen LogP contribution in [0.1, 0.15) is 10.4 Å². The van der Waals surface area contributed by atoms with Gasteiger partial charge in [0.1, 0.15) is 28.4 Å². The number of esters is 1. The van der Waals surface area contributed by atoms with Crippen molar-refractivity contribution in [2.75, 3.05) is 21.3 Å². The average molecular weight is 328 g/mol. The van der Waals surface area contributed by atoms with Gasteiger partial charge in [-0.05, 0) is 24.3 Å². The second-order valence-corrected chi connectivity index (χ2v) is 5.04. The average Bonchev–Trinajstić information content (AvgIpc) is 2.98. The third-order valence-corrected chi connectivity index (χ3v) is 3.72. The van der Waals surface area contributed by atoms with Crippen LogP contribution in [-0.2, 0) is 4.74 Å². The molecule has 0 saturated heterocycles. The molecule has 2 aromatic carbocycles. The summed E-state index contributed by atoms with van der Waals surface area (Å²) in [4.78, 5) is 12.3. The van der Waals surface area contributed by atoms with Gasteiger partial charge in [0.05, 0.1) is 26.9 Å². The molecule has 1 heterocycles. The van der Waals surface area contributed by atoms with Gasteiger partial charge in [0, 0.05) is 17.5 Å². The molecule has 0 fully saturated rings. The Morgan fingerprint density at radius 2 is 1.83 bits per heavy atom. The highest BCUT2D eigenvalue weighted by molar-refractivity contribution is 6.09. The number of aromatic hydroxyl groups is 1. The van der Waals surface area contributed by atoms with Gasteiger partial charge in [-0.25, -0.2) is 4.79 Å². The van der Waals surface area contributed by atoms with E-state index in [4.69, 9.17) is 18.6 Å². The summed E-state index contributed by atoms with van der Waals surface area (Å²) in [5, 5.41) is 10.2. The lowest BCUT2D eigenvalue weighted by molar-refractivity contribution is 0.0603. The summed E-state index contributed by atoms with van der Waals surface area (Å²) in [7, 11) is 4.33. The zero-order valence-corrected chi connectivity index (χ0v) is 13.5. The van der Waals surface area contributed by atoms with E-state index < -0.39 is 5.97 Å². The molecule has 0 radical (unpaired) electrons. The number of benzene rings is 2. The van der Waals surface area contributed by atoms with Crippen molar-refractivity contribution in [2.24, 2.45) is 0 Å². The van der Waals surface area contributed by atoms with Gasteiger partial charge in [-0.3, -0.25) is 0 Å². The van der Waals surface area contributed by atoms with Crippen molar-refractivity contribution < 1.29 is 28.5 Å². The van der Waals surface area contributed by atoms with Crippen molar-refractivity contribution in [1.29, 1.82) is 0 Å². The number of ether oxygens (including phenoxy) is 3. The Hall–Kier alpha value is -3.15. The number of hydrogen-bond acceptors (Lipinski definition) is 6. The number of carbonyl (C=O) groups is 1. The fraction of sp³-hybridized carbons (Fsp3) is 0.167. The standard InChI is InChI=1S/C18H16O6/c1-21-11-5-7-12-15(9-11)24-17(16(12)18(20)23-3)13-6-4-10(19)8-14(13)22-2/h4-9,19H,1-3H3. The van der Waals surface area contributed by atoms with Gasteiger partial charge in [-0.1, -0.05) is 0 Å². The number of phenols is 1. The quantitative estimate of drug-likeness (QED) is 0.737. The second kappa shape index (κ2) is 6.16. The molecule has 0 aliphatic carbocycles. The van der Waals surface area contributed by atoms with Crippen molar-refractivity contribution in [1.82, 2.24) is 0 Å². The summed E-state index contributed by atoms with van der Waals surface area (Å²) in [6.45, 7) is 0. The third-order valence-electron chi connectivity index (χ3n) is 3.72. The van der Waals surface area contributed by atoms with Crippen molar-refractivity contribution in [3.8, 4) is 28.6 Å². The molecule has 0 saturated carbocycles.